The maximum Gasteiger partial charge on any atom is 0.338 e. The molecule has 0 aliphatic carbocycles. The van der Waals surface area contributed by atoms with Crippen molar-refractivity contribution in [1.29, 1.82) is 0 Å². The van der Waals surface area contributed by atoms with Crippen molar-refractivity contribution in [3.8, 4) is 0 Å². The Morgan fingerprint density at radius 1 is 1.47 bits per heavy atom. The van der Waals surface area contributed by atoms with E-state index in [1.165, 1.54) is 0 Å². The third kappa shape index (κ3) is 3.72. The molecule has 0 fully saturated rings. The number of nitrogens with two attached hydrogens (primary N) is 1. The number of benzene rings is 1. The van der Waals surface area contributed by atoms with Gasteiger partial charge >= 0.3 is 5.97 Å². The minimum Gasteiger partial charge on any atom is -0.462 e. The van der Waals surface area contributed by atoms with Gasteiger partial charge < -0.3 is 10.5 Å². The Bertz CT molecular complexity index is 323. The quantitative estimate of drug-likeness (QED) is 0.748. The summed E-state index contributed by atoms with van der Waals surface area (Å²) >= 11 is 0. The molecule has 82 valence electrons. The minimum atomic E-state index is -0.254. The molecule has 2 N–H and O–H groups in total. The van der Waals surface area contributed by atoms with Crippen LogP contribution in [0.15, 0.2) is 24.3 Å². The van der Waals surface area contributed by atoms with E-state index in [1.807, 2.05) is 25.1 Å². The molecule has 0 saturated heterocycles. The van der Waals surface area contributed by atoms with Crippen molar-refractivity contribution in [1.82, 2.24) is 0 Å². The highest BCUT2D eigenvalue weighted by molar-refractivity contribution is 5.89. The molecular weight excluding hydrogens is 190 g/mol. The van der Waals surface area contributed by atoms with E-state index in [4.69, 9.17) is 10.5 Å². The second kappa shape index (κ2) is 6.19. The largest absolute Gasteiger partial charge is 0.462 e. The van der Waals surface area contributed by atoms with Crippen LogP contribution < -0.4 is 5.73 Å². The summed E-state index contributed by atoms with van der Waals surface area (Å²) in [5.74, 6) is -0.254. The normalized spacial score (nSPS) is 10.0. The van der Waals surface area contributed by atoms with E-state index in [-0.39, 0.29) is 5.97 Å². The van der Waals surface area contributed by atoms with Gasteiger partial charge in [-0.3, -0.25) is 0 Å². The fourth-order valence-electron chi connectivity index (χ4n) is 1.30. The molecule has 0 aromatic heterocycles. The van der Waals surface area contributed by atoms with Crippen molar-refractivity contribution >= 4 is 5.97 Å². The van der Waals surface area contributed by atoms with E-state index in [0.29, 0.717) is 18.7 Å². The summed E-state index contributed by atoms with van der Waals surface area (Å²) in [6, 6.07) is 7.42. The zero-order valence-corrected chi connectivity index (χ0v) is 9.03. The molecule has 15 heavy (non-hydrogen) atoms. The van der Waals surface area contributed by atoms with Crippen molar-refractivity contribution in [2.24, 2.45) is 5.73 Å². The first-order valence-electron chi connectivity index (χ1n) is 5.24. The van der Waals surface area contributed by atoms with Gasteiger partial charge in [0.05, 0.1) is 12.2 Å². The highest BCUT2D eigenvalue weighted by Gasteiger charge is 2.06. The van der Waals surface area contributed by atoms with Gasteiger partial charge in [-0.1, -0.05) is 19.1 Å². The summed E-state index contributed by atoms with van der Waals surface area (Å²) in [5.41, 5.74) is 7.13. The number of ether oxygens (including phenoxy) is 1. The number of rotatable bonds is 5. The molecule has 1 aromatic rings. The first kappa shape index (κ1) is 11.7. The van der Waals surface area contributed by atoms with Crippen molar-refractivity contribution in [3.63, 3.8) is 0 Å². The summed E-state index contributed by atoms with van der Waals surface area (Å²) in [6.07, 6.45) is 1.63. The predicted octanol–water partition coefficient (Wildman–Crippen LogP) is 1.75. The van der Waals surface area contributed by atoms with E-state index in [0.717, 1.165) is 18.4 Å². The van der Waals surface area contributed by atoms with E-state index >= 15 is 0 Å². The Kier molecular flexibility index (Phi) is 4.84. The fourth-order valence-corrected chi connectivity index (χ4v) is 1.30. The molecule has 1 aromatic carbocycles. The zero-order valence-electron chi connectivity index (χ0n) is 9.03. The van der Waals surface area contributed by atoms with Gasteiger partial charge in [0.1, 0.15) is 0 Å². The van der Waals surface area contributed by atoms with Crippen molar-refractivity contribution < 1.29 is 9.53 Å². The van der Waals surface area contributed by atoms with Crippen LogP contribution in [0.4, 0.5) is 0 Å². The standard InChI is InChI=1S/C12H17NO2/c1-2-8-15-12(14)11-5-3-4-10(9-11)6-7-13/h3-5,9H,2,6-8,13H2,1H3. The molecule has 0 heterocycles. The zero-order chi connectivity index (χ0) is 11.1. The van der Waals surface area contributed by atoms with Gasteiger partial charge in [0.2, 0.25) is 0 Å². The lowest BCUT2D eigenvalue weighted by atomic mass is 10.1. The van der Waals surface area contributed by atoms with Crippen LogP contribution in [0.3, 0.4) is 0 Å². The van der Waals surface area contributed by atoms with Crippen LogP contribution in [0.25, 0.3) is 0 Å². The molecule has 0 atom stereocenters. The molecule has 0 bridgehead atoms. The van der Waals surface area contributed by atoms with Crippen molar-refractivity contribution in [2.75, 3.05) is 13.2 Å². The van der Waals surface area contributed by atoms with Crippen LogP contribution in [0.2, 0.25) is 0 Å². The van der Waals surface area contributed by atoms with Crippen LogP contribution >= 0.6 is 0 Å². The molecular formula is C12H17NO2. The molecule has 0 aliphatic rings. The summed E-state index contributed by atoms with van der Waals surface area (Å²) in [4.78, 5) is 11.5. The Labute approximate surface area is 90.2 Å². The third-order valence-electron chi connectivity index (χ3n) is 2.03. The molecule has 0 spiro atoms. The van der Waals surface area contributed by atoms with Crippen LogP contribution in [0, 0.1) is 0 Å². The van der Waals surface area contributed by atoms with Gasteiger partial charge in [0.25, 0.3) is 0 Å². The second-order valence-electron chi connectivity index (χ2n) is 3.37. The molecule has 3 heteroatoms. The summed E-state index contributed by atoms with van der Waals surface area (Å²) < 4.78 is 5.04. The monoisotopic (exact) mass is 207 g/mol. The highest BCUT2D eigenvalue weighted by Crippen LogP contribution is 2.07. The molecule has 0 amide bonds. The Hall–Kier alpha value is -1.35. The van der Waals surface area contributed by atoms with Crippen molar-refractivity contribution in [3.05, 3.63) is 35.4 Å². The van der Waals surface area contributed by atoms with E-state index in [2.05, 4.69) is 0 Å². The van der Waals surface area contributed by atoms with E-state index in [1.54, 1.807) is 6.07 Å². The summed E-state index contributed by atoms with van der Waals surface area (Å²) in [7, 11) is 0. The van der Waals surface area contributed by atoms with Gasteiger partial charge in [-0.05, 0) is 37.1 Å². The summed E-state index contributed by atoms with van der Waals surface area (Å²) in [6.45, 7) is 3.03. The minimum absolute atomic E-state index is 0.254. The SMILES string of the molecule is CCCOC(=O)c1cccc(CCN)c1. The molecule has 0 radical (unpaired) electrons. The van der Waals surface area contributed by atoms with Gasteiger partial charge in [-0.15, -0.1) is 0 Å². The number of esters is 1. The third-order valence-corrected chi connectivity index (χ3v) is 2.03. The Morgan fingerprint density at radius 3 is 2.93 bits per heavy atom. The van der Waals surface area contributed by atoms with Crippen LogP contribution in [-0.2, 0) is 11.2 Å². The number of carbonyl (C=O) groups excluding carboxylic acids is 1. The topological polar surface area (TPSA) is 52.3 Å². The first-order chi connectivity index (χ1) is 7.27. The Balaban J connectivity index is 2.67. The average molecular weight is 207 g/mol. The lowest BCUT2D eigenvalue weighted by Crippen LogP contribution is -2.07. The maximum atomic E-state index is 11.5. The lowest BCUT2D eigenvalue weighted by Gasteiger charge is -2.04. The number of hydrogen-bond donors (Lipinski definition) is 1. The molecule has 0 aliphatic heterocycles. The van der Waals surface area contributed by atoms with Crippen LogP contribution in [-0.4, -0.2) is 19.1 Å². The van der Waals surface area contributed by atoms with Gasteiger partial charge in [-0.25, -0.2) is 4.79 Å². The Morgan fingerprint density at radius 2 is 2.27 bits per heavy atom. The first-order valence-corrected chi connectivity index (χ1v) is 5.24. The smallest absolute Gasteiger partial charge is 0.338 e. The van der Waals surface area contributed by atoms with E-state index < -0.39 is 0 Å². The lowest BCUT2D eigenvalue weighted by molar-refractivity contribution is 0.0505. The van der Waals surface area contributed by atoms with Crippen molar-refractivity contribution in [2.45, 2.75) is 19.8 Å². The van der Waals surface area contributed by atoms with Gasteiger partial charge in [-0.2, -0.15) is 0 Å². The summed E-state index contributed by atoms with van der Waals surface area (Å²) in [5, 5.41) is 0. The second-order valence-corrected chi connectivity index (χ2v) is 3.37. The average Bonchev–Trinajstić information content (AvgIpc) is 2.27. The maximum absolute atomic E-state index is 11.5. The van der Waals surface area contributed by atoms with E-state index in [9.17, 15) is 4.79 Å². The number of hydrogen-bond acceptors (Lipinski definition) is 3. The van der Waals surface area contributed by atoms with Crippen LogP contribution in [0.5, 0.6) is 0 Å². The fraction of sp³-hybridized carbons (Fsp3) is 0.417. The molecule has 0 saturated carbocycles. The van der Waals surface area contributed by atoms with Gasteiger partial charge in [0.15, 0.2) is 0 Å². The molecule has 0 unspecified atom stereocenters. The van der Waals surface area contributed by atoms with Crippen LogP contribution in [0.1, 0.15) is 29.3 Å². The highest BCUT2D eigenvalue weighted by atomic mass is 16.5. The molecule has 3 nitrogen and oxygen atoms in total. The van der Waals surface area contributed by atoms with Gasteiger partial charge in [0, 0.05) is 0 Å². The molecule has 1 rings (SSSR count). The predicted molar refractivity (Wildman–Crippen MR) is 59.8 cm³/mol. The number of carbonyl (C=O) groups is 1.